The normalized spacial score (nSPS) is 15.6. The fourth-order valence-corrected chi connectivity index (χ4v) is 2.90. The minimum Gasteiger partial charge on any atom is -0.368 e. The Morgan fingerprint density at radius 2 is 1.88 bits per heavy atom. The molecule has 1 aliphatic rings. The molecule has 1 amide bonds. The topological polar surface area (TPSA) is 91.5 Å². The van der Waals surface area contributed by atoms with E-state index in [0.717, 1.165) is 51.3 Å². The number of nitrogens with two attached hydrogens (primary N) is 1. The van der Waals surface area contributed by atoms with Crippen molar-refractivity contribution in [3.05, 3.63) is 5.82 Å². The molecule has 0 spiro atoms. The Bertz CT molecular complexity index is 570. The van der Waals surface area contributed by atoms with Gasteiger partial charge in [0.15, 0.2) is 0 Å². The molecule has 140 valence electrons. The number of nitrogens with zero attached hydrogens (tertiary/aromatic N) is 6. The molecule has 8 nitrogen and oxygen atoms in total. The molecule has 0 aromatic carbocycles. The highest BCUT2D eigenvalue weighted by molar-refractivity contribution is 5.78. The number of hydrogen-bond acceptors (Lipinski definition) is 7. The molecule has 1 aliphatic heterocycles. The number of unbranched alkanes of at least 4 members (excludes halogenated alkanes) is 1. The van der Waals surface area contributed by atoms with E-state index in [1.54, 1.807) is 11.9 Å². The fraction of sp³-hybridized carbons (Fsp3) is 0.765. The smallest absolute Gasteiger partial charge is 0.237 e. The molecule has 0 unspecified atom stereocenters. The number of rotatable bonds is 8. The SMILES string of the molecule is CCCCc1nc(N(C)CC(N)=O)nc(N2CCN(C(C)C)CC2)n1. The van der Waals surface area contributed by atoms with E-state index >= 15 is 0 Å². The second-order valence-corrected chi connectivity index (χ2v) is 6.89. The van der Waals surface area contributed by atoms with Gasteiger partial charge in [0.1, 0.15) is 5.82 Å². The molecule has 25 heavy (non-hydrogen) atoms. The minimum absolute atomic E-state index is 0.0950. The summed E-state index contributed by atoms with van der Waals surface area (Å²) in [4.78, 5) is 31.3. The third kappa shape index (κ3) is 5.52. The third-order valence-electron chi connectivity index (χ3n) is 4.47. The van der Waals surface area contributed by atoms with Crippen molar-refractivity contribution in [2.45, 2.75) is 46.1 Å². The number of amides is 1. The first kappa shape index (κ1) is 19.4. The van der Waals surface area contributed by atoms with Gasteiger partial charge in [-0.15, -0.1) is 0 Å². The van der Waals surface area contributed by atoms with Crippen LogP contribution in [-0.4, -0.2) is 71.6 Å². The lowest BCUT2D eigenvalue weighted by Gasteiger charge is -2.37. The predicted molar refractivity (Wildman–Crippen MR) is 99.8 cm³/mol. The molecule has 8 heteroatoms. The zero-order valence-corrected chi connectivity index (χ0v) is 15.9. The zero-order chi connectivity index (χ0) is 18.4. The van der Waals surface area contributed by atoms with Crippen LogP contribution in [0.25, 0.3) is 0 Å². The largest absolute Gasteiger partial charge is 0.368 e. The average Bonchev–Trinajstić information content (AvgIpc) is 2.59. The van der Waals surface area contributed by atoms with Crippen LogP contribution >= 0.6 is 0 Å². The van der Waals surface area contributed by atoms with Gasteiger partial charge in [0.2, 0.25) is 17.8 Å². The quantitative estimate of drug-likeness (QED) is 0.737. The van der Waals surface area contributed by atoms with Crippen LogP contribution in [0.4, 0.5) is 11.9 Å². The molecular formula is C17H31N7O. The molecule has 2 rings (SSSR count). The molecule has 1 aromatic rings. The zero-order valence-electron chi connectivity index (χ0n) is 15.9. The Hall–Kier alpha value is -1.96. The summed E-state index contributed by atoms with van der Waals surface area (Å²) in [5.41, 5.74) is 5.31. The second kappa shape index (κ2) is 8.94. The third-order valence-corrected chi connectivity index (χ3v) is 4.47. The van der Waals surface area contributed by atoms with Gasteiger partial charge in [0.25, 0.3) is 0 Å². The number of carbonyl (C=O) groups is 1. The van der Waals surface area contributed by atoms with E-state index in [1.807, 2.05) is 0 Å². The molecular weight excluding hydrogens is 318 g/mol. The van der Waals surface area contributed by atoms with Gasteiger partial charge in [-0.2, -0.15) is 15.0 Å². The molecule has 0 radical (unpaired) electrons. The minimum atomic E-state index is -0.398. The van der Waals surface area contributed by atoms with E-state index in [-0.39, 0.29) is 6.54 Å². The molecule has 0 bridgehead atoms. The van der Waals surface area contributed by atoms with E-state index in [0.29, 0.717) is 17.9 Å². The first-order valence-electron chi connectivity index (χ1n) is 9.14. The summed E-state index contributed by atoms with van der Waals surface area (Å²) >= 11 is 0. The van der Waals surface area contributed by atoms with Crippen LogP contribution in [0.1, 0.15) is 39.4 Å². The Morgan fingerprint density at radius 3 is 2.44 bits per heavy atom. The lowest BCUT2D eigenvalue weighted by molar-refractivity contribution is -0.116. The van der Waals surface area contributed by atoms with Crippen molar-refractivity contribution >= 4 is 17.8 Å². The van der Waals surface area contributed by atoms with E-state index in [1.165, 1.54) is 0 Å². The monoisotopic (exact) mass is 349 g/mol. The highest BCUT2D eigenvalue weighted by Gasteiger charge is 2.22. The van der Waals surface area contributed by atoms with Gasteiger partial charge < -0.3 is 15.5 Å². The maximum atomic E-state index is 11.2. The number of likely N-dealkylation sites (N-methyl/N-ethyl adjacent to an activating group) is 1. The molecule has 2 heterocycles. The molecule has 2 N–H and O–H groups in total. The number of aromatic nitrogens is 3. The van der Waals surface area contributed by atoms with Crippen molar-refractivity contribution in [3.8, 4) is 0 Å². The number of aryl methyl sites for hydroxylation is 1. The van der Waals surface area contributed by atoms with Crippen molar-refractivity contribution in [2.24, 2.45) is 5.73 Å². The van der Waals surface area contributed by atoms with E-state index in [2.05, 4.69) is 45.5 Å². The van der Waals surface area contributed by atoms with Crippen molar-refractivity contribution < 1.29 is 4.79 Å². The van der Waals surface area contributed by atoms with Crippen molar-refractivity contribution in [3.63, 3.8) is 0 Å². The number of hydrogen-bond donors (Lipinski definition) is 1. The Kier molecular flexibility index (Phi) is 6.92. The first-order valence-corrected chi connectivity index (χ1v) is 9.14. The van der Waals surface area contributed by atoms with Crippen LogP contribution in [0.5, 0.6) is 0 Å². The maximum absolute atomic E-state index is 11.2. The maximum Gasteiger partial charge on any atom is 0.237 e. The van der Waals surface area contributed by atoms with Gasteiger partial charge in [0, 0.05) is 45.7 Å². The lowest BCUT2D eigenvalue weighted by Crippen LogP contribution is -2.49. The van der Waals surface area contributed by atoms with Crippen LogP contribution < -0.4 is 15.5 Å². The summed E-state index contributed by atoms with van der Waals surface area (Å²) in [7, 11) is 1.78. The van der Waals surface area contributed by atoms with Gasteiger partial charge in [-0.1, -0.05) is 13.3 Å². The van der Waals surface area contributed by atoms with Gasteiger partial charge >= 0.3 is 0 Å². The second-order valence-electron chi connectivity index (χ2n) is 6.89. The highest BCUT2D eigenvalue weighted by atomic mass is 16.1. The van der Waals surface area contributed by atoms with Crippen LogP contribution in [0.15, 0.2) is 0 Å². The number of anilines is 2. The number of piperazine rings is 1. The van der Waals surface area contributed by atoms with Gasteiger partial charge in [-0.3, -0.25) is 9.69 Å². The molecule has 0 atom stereocenters. The van der Waals surface area contributed by atoms with E-state index in [4.69, 9.17) is 5.73 Å². The van der Waals surface area contributed by atoms with Gasteiger partial charge in [-0.05, 0) is 20.3 Å². The molecule has 0 saturated carbocycles. The van der Waals surface area contributed by atoms with Crippen LogP contribution in [0, 0.1) is 0 Å². The Morgan fingerprint density at radius 1 is 1.20 bits per heavy atom. The summed E-state index contributed by atoms with van der Waals surface area (Å²) in [6.45, 7) is 10.5. The Balaban J connectivity index is 2.19. The molecule has 1 saturated heterocycles. The number of primary amides is 1. The standard InChI is InChI=1S/C17H31N7O/c1-5-6-7-15-19-16(22(4)12-14(18)25)21-17(20-15)24-10-8-23(9-11-24)13(2)3/h13H,5-12H2,1-4H3,(H2,18,25). The van der Waals surface area contributed by atoms with Crippen LogP contribution in [0.3, 0.4) is 0 Å². The van der Waals surface area contributed by atoms with Crippen LogP contribution in [-0.2, 0) is 11.2 Å². The van der Waals surface area contributed by atoms with Gasteiger partial charge in [0.05, 0.1) is 6.54 Å². The summed E-state index contributed by atoms with van der Waals surface area (Å²) in [6, 6.07) is 0.554. The summed E-state index contributed by atoms with van der Waals surface area (Å²) in [5, 5.41) is 0. The Labute approximate surface area is 150 Å². The lowest BCUT2D eigenvalue weighted by atomic mass is 10.2. The molecule has 0 aliphatic carbocycles. The highest BCUT2D eigenvalue weighted by Crippen LogP contribution is 2.17. The number of carbonyl (C=O) groups excluding carboxylic acids is 1. The fourth-order valence-electron chi connectivity index (χ4n) is 2.90. The van der Waals surface area contributed by atoms with Crippen molar-refractivity contribution in [1.29, 1.82) is 0 Å². The molecule has 1 aromatic heterocycles. The summed E-state index contributed by atoms with van der Waals surface area (Å²) in [5.74, 6) is 1.60. The van der Waals surface area contributed by atoms with E-state index < -0.39 is 5.91 Å². The van der Waals surface area contributed by atoms with Crippen LogP contribution in [0.2, 0.25) is 0 Å². The summed E-state index contributed by atoms with van der Waals surface area (Å²) < 4.78 is 0. The average molecular weight is 349 g/mol. The van der Waals surface area contributed by atoms with Gasteiger partial charge in [-0.25, -0.2) is 0 Å². The van der Waals surface area contributed by atoms with Crippen molar-refractivity contribution in [1.82, 2.24) is 19.9 Å². The van der Waals surface area contributed by atoms with E-state index in [9.17, 15) is 4.79 Å². The summed E-state index contributed by atoms with van der Waals surface area (Å²) in [6.07, 6.45) is 2.93. The van der Waals surface area contributed by atoms with Crippen molar-refractivity contribution in [2.75, 3.05) is 49.6 Å². The predicted octanol–water partition coefficient (Wildman–Crippen LogP) is 0.666. The molecule has 1 fully saturated rings. The first-order chi connectivity index (χ1) is 11.9.